The normalized spacial score (nSPS) is 17.2. The fourth-order valence-corrected chi connectivity index (χ4v) is 2.50. The van der Waals surface area contributed by atoms with Crippen molar-refractivity contribution in [2.45, 2.75) is 12.3 Å². The fraction of sp³-hybridized carbons (Fsp3) is 0.154. The fourth-order valence-electron chi connectivity index (χ4n) is 2.50. The lowest BCUT2D eigenvalue weighted by atomic mass is 9.85. The van der Waals surface area contributed by atoms with Gasteiger partial charge in [-0.05, 0) is 17.7 Å². The molecule has 0 saturated carbocycles. The van der Waals surface area contributed by atoms with Crippen LogP contribution in [0.4, 0.5) is 14.6 Å². The molecule has 1 aromatic heterocycles. The third-order valence-corrected chi connectivity index (χ3v) is 3.33. The summed E-state index contributed by atoms with van der Waals surface area (Å²) >= 11 is 0. The first kappa shape index (κ1) is 13.2. The second kappa shape index (κ2) is 4.65. The first-order valence-electron chi connectivity index (χ1n) is 6.09. The molecule has 1 unspecified atom stereocenters. The van der Waals surface area contributed by atoms with Crippen molar-refractivity contribution in [1.29, 1.82) is 0 Å². The van der Waals surface area contributed by atoms with Crippen molar-refractivity contribution in [3.05, 3.63) is 46.7 Å². The Balaban J connectivity index is 2.18. The number of hydrogen-bond acceptors (Lipinski definition) is 3. The molecule has 3 rings (SSSR count). The maximum atomic E-state index is 13.4. The minimum Gasteiger partial charge on any atom is -0.364 e. The minimum atomic E-state index is -0.762. The van der Waals surface area contributed by atoms with Gasteiger partial charge in [0.1, 0.15) is 17.3 Å². The van der Waals surface area contributed by atoms with Gasteiger partial charge in [0, 0.05) is 24.0 Å². The van der Waals surface area contributed by atoms with Gasteiger partial charge >= 0.3 is 0 Å². The number of hydrogen-bond donors (Lipinski definition) is 3. The van der Waals surface area contributed by atoms with E-state index in [0.717, 1.165) is 18.2 Å². The van der Waals surface area contributed by atoms with Gasteiger partial charge in [-0.2, -0.15) is 5.10 Å². The Bertz CT molecular complexity index is 736. The second-order valence-corrected chi connectivity index (χ2v) is 4.73. The second-order valence-electron chi connectivity index (χ2n) is 4.73. The predicted molar refractivity (Wildman–Crippen MR) is 68.6 cm³/mol. The number of nitrogens with two attached hydrogens (primary N) is 1. The number of amides is 2. The number of nitrogens with zero attached hydrogens (tertiary/aromatic N) is 1. The van der Waals surface area contributed by atoms with Crippen molar-refractivity contribution < 1.29 is 18.4 Å². The van der Waals surface area contributed by atoms with Crippen LogP contribution in [0.15, 0.2) is 18.2 Å². The van der Waals surface area contributed by atoms with Gasteiger partial charge in [0.25, 0.3) is 5.91 Å². The van der Waals surface area contributed by atoms with Crippen molar-refractivity contribution in [2.75, 3.05) is 5.32 Å². The van der Waals surface area contributed by atoms with Crippen molar-refractivity contribution in [2.24, 2.45) is 5.73 Å². The van der Waals surface area contributed by atoms with Gasteiger partial charge in [-0.1, -0.05) is 0 Å². The van der Waals surface area contributed by atoms with E-state index in [1.807, 2.05) is 0 Å². The Hall–Kier alpha value is -2.77. The Kier molecular flexibility index (Phi) is 2.93. The maximum absolute atomic E-state index is 13.4. The number of aromatic nitrogens is 2. The number of carbonyl (C=O) groups excluding carboxylic acids is 2. The van der Waals surface area contributed by atoms with Crippen LogP contribution in [-0.4, -0.2) is 22.0 Å². The van der Waals surface area contributed by atoms with E-state index in [9.17, 15) is 18.4 Å². The lowest BCUT2D eigenvalue weighted by Crippen LogP contribution is -2.25. The topological polar surface area (TPSA) is 101 Å². The summed E-state index contributed by atoms with van der Waals surface area (Å²) in [7, 11) is 0. The lowest BCUT2D eigenvalue weighted by molar-refractivity contribution is -0.116. The highest BCUT2D eigenvalue weighted by Gasteiger charge is 2.33. The SMILES string of the molecule is NC(=O)c1[nH]nc2c1C(c1cc(F)cc(F)c1)CC(=O)N2. The molecule has 108 valence electrons. The number of anilines is 1. The van der Waals surface area contributed by atoms with Crippen LogP contribution >= 0.6 is 0 Å². The average Bonchev–Trinajstić information content (AvgIpc) is 2.80. The number of H-pyrrole nitrogens is 1. The predicted octanol–water partition coefficient (Wildman–Crippen LogP) is 1.26. The van der Waals surface area contributed by atoms with Crippen LogP contribution in [0.3, 0.4) is 0 Å². The number of aromatic amines is 1. The van der Waals surface area contributed by atoms with E-state index >= 15 is 0 Å². The summed E-state index contributed by atoms with van der Waals surface area (Å²) in [6, 6.07) is 2.97. The van der Waals surface area contributed by atoms with Crippen LogP contribution in [0.2, 0.25) is 0 Å². The summed E-state index contributed by atoms with van der Waals surface area (Å²) in [4.78, 5) is 23.1. The van der Waals surface area contributed by atoms with Crippen LogP contribution in [0, 0.1) is 11.6 Å². The van der Waals surface area contributed by atoms with Gasteiger partial charge in [-0.25, -0.2) is 8.78 Å². The standard InChI is InChI=1S/C13H10F2N4O2/c14-6-1-5(2-7(15)3-6)8-4-9(20)17-13-10(8)11(12(16)21)18-19-13/h1-3,8H,4H2,(H2,16,21)(H2,17,18,19,20). The molecule has 0 spiro atoms. The van der Waals surface area contributed by atoms with Crippen molar-refractivity contribution in [3.63, 3.8) is 0 Å². The summed E-state index contributed by atoms with van der Waals surface area (Å²) < 4.78 is 26.8. The largest absolute Gasteiger partial charge is 0.364 e. The number of carbonyl (C=O) groups is 2. The van der Waals surface area contributed by atoms with Crippen LogP contribution in [0.25, 0.3) is 0 Å². The van der Waals surface area contributed by atoms with Crippen LogP contribution in [0.5, 0.6) is 0 Å². The molecule has 4 N–H and O–H groups in total. The monoisotopic (exact) mass is 292 g/mol. The van der Waals surface area contributed by atoms with Gasteiger partial charge in [0.05, 0.1) is 0 Å². The van der Waals surface area contributed by atoms with Crippen molar-refractivity contribution >= 4 is 17.6 Å². The summed E-state index contributed by atoms with van der Waals surface area (Å²) in [5, 5.41) is 8.73. The van der Waals surface area contributed by atoms with E-state index in [1.165, 1.54) is 0 Å². The van der Waals surface area contributed by atoms with Crippen LogP contribution in [0.1, 0.15) is 34.0 Å². The van der Waals surface area contributed by atoms with E-state index in [0.29, 0.717) is 5.56 Å². The van der Waals surface area contributed by atoms with E-state index in [2.05, 4.69) is 15.5 Å². The molecule has 0 fully saturated rings. The van der Waals surface area contributed by atoms with Crippen LogP contribution in [-0.2, 0) is 4.79 Å². The summed E-state index contributed by atoms with van der Waals surface area (Å²) in [6.07, 6.45) is -0.0598. The zero-order valence-corrected chi connectivity index (χ0v) is 10.6. The average molecular weight is 292 g/mol. The Morgan fingerprint density at radius 1 is 1.29 bits per heavy atom. The molecule has 2 aromatic rings. The first-order valence-corrected chi connectivity index (χ1v) is 6.09. The van der Waals surface area contributed by atoms with E-state index in [-0.39, 0.29) is 29.4 Å². The molecule has 2 heterocycles. The highest BCUT2D eigenvalue weighted by Crippen LogP contribution is 2.38. The third kappa shape index (κ3) is 2.24. The summed E-state index contributed by atoms with van der Waals surface area (Å²) in [5.74, 6) is -3.19. The minimum absolute atomic E-state index is 0.0136. The zero-order valence-electron chi connectivity index (χ0n) is 10.6. The quantitative estimate of drug-likeness (QED) is 0.776. The van der Waals surface area contributed by atoms with Crippen molar-refractivity contribution in [1.82, 2.24) is 10.2 Å². The van der Waals surface area contributed by atoms with Gasteiger partial charge < -0.3 is 11.1 Å². The molecule has 2 amide bonds. The molecule has 0 aliphatic carbocycles. The molecule has 1 aromatic carbocycles. The van der Waals surface area contributed by atoms with E-state index in [1.54, 1.807) is 0 Å². The van der Waals surface area contributed by atoms with E-state index in [4.69, 9.17) is 5.73 Å². The molecule has 6 nitrogen and oxygen atoms in total. The molecule has 1 aliphatic heterocycles. The zero-order chi connectivity index (χ0) is 15.1. The summed E-state index contributed by atoms with van der Waals surface area (Å²) in [5.41, 5.74) is 5.84. The number of nitrogens with one attached hydrogen (secondary N) is 2. The van der Waals surface area contributed by atoms with Crippen molar-refractivity contribution in [3.8, 4) is 0 Å². The molecular weight excluding hydrogens is 282 g/mol. The molecular formula is C13H10F2N4O2. The maximum Gasteiger partial charge on any atom is 0.267 e. The molecule has 8 heteroatoms. The Labute approximate surface area is 117 Å². The first-order chi connectivity index (χ1) is 9.95. The smallest absolute Gasteiger partial charge is 0.267 e. The molecule has 1 aliphatic rings. The van der Waals surface area contributed by atoms with E-state index < -0.39 is 23.5 Å². The van der Waals surface area contributed by atoms with Gasteiger partial charge in [0.15, 0.2) is 5.82 Å². The van der Waals surface area contributed by atoms with Gasteiger partial charge in [-0.15, -0.1) is 0 Å². The molecule has 0 bridgehead atoms. The Morgan fingerprint density at radius 3 is 2.57 bits per heavy atom. The molecule has 0 radical (unpaired) electrons. The Morgan fingerprint density at radius 2 is 1.95 bits per heavy atom. The molecule has 0 saturated heterocycles. The highest BCUT2D eigenvalue weighted by molar-refractivity contribution is 6.00. The van der Waals surface area contributed by atoms with Gasteiger partial charge in [0.2, 0.25) is 5.91 Å². The third-order valence-electron chi connectivity index (χ3n) is 3.33. The highest BCUT2D eigenvalue weighted by atomic mass is 19.1. The van der Waals surface area contributed by atoms with Gasteiger partial charge in [-0.3, -0.25) is 14.7 Å². The number of primary amides is 1. The summed E-state index contributed by atoms with van der Waals surface area (Å²) in [6.45, 7) is 0. The molecule has 1 atom stereocenters. The number of halogens is 2. The van der Waals surface area contributed by atoms with Crippen LogP contribution < -0.4 is 11.1 Å². The number of benzene rings is 1. The molecule has 21 heavy (non-hydrogen) atoms. The number of rotatable bonds is 2. The number of fused-ring (bicyclic) bond motifs is 1. The lowest BCUT2D eigenvalue weighted by Gasteiger charge is -2.23.